The van der Waals surface area contributed by atoms with E-state index in [0.717, 1.165) is 24.0 Å². The van der Waals surface area contributed by atoms with Crippen molar-refractivity contribution in [2.24, 2.45) is 28.8 Å². The van der Waals surface area contributed by atoms with Crippen LogP contribution in [0.1, 0.15) is 124 Å². The number of methoxy groups -OCH3 is 2. The molecule has 2 aliphatic rings. The number of unbranched alkanes of at least 4 members (excludes halogenated alkanes) is 2. The molecule has 0 bridgehead atoms. The Labute approximate surface area is 469 Å². The van der Waals surface area contributed by atoms with Crippen molar-refractivity contribution < 1.29 is 47.8 Å². The average Bonchev–Trinajstić information content (AvgIpc) is 4.01. The van der Waals surface area contributed by atoms with Crippen molar-refractivity contribution in [1.82, 2.24) is 35.7 Å². The lowest BCUT2D eigenvalue weighted by atomic mass is 9.89. The first-order valence-electron chi connectivity index (χ1n) is 27.9. The smallest absolute Gasteiger partial charge is 0.245 e. The molecule has 2 aromatic rings. The number of carbonyl (C=O) groups is 7. The van der Waals surface area contributed by atoms with Crippen LogP contribution in [0.25, 0.3) is 0 Å². The lowest BCUT2D eigenvalue weighted by molar-refractivity contribution is -0.148. The minimum Gasteiger partial charge on any atom is -0.491 e. The standard InChI is InChI=1S/C59H92N8O10S/c1-15-39(6)54(65(11)59(74)52(37(2)3)61-57(72)53(38(4)5)64(9)10)47(75-12)34-50(69)66-32-22-25-46(66)55(76-13)40(7)56(71)60-44(33-42-23-18-16-19-24-42)36-77-45-29-27-43(28-30-45)41(8)62-63-49(68)26-20-17-21-31-67-51(70)35-48(78-14)58(67)73/h16,18-19,23-24,27-30,37-40,44,46-48,52-55H,15,17,20-22,25-26,31-36H2,1-14H3,(H,60,71)(H,61,72)(H,63,68)/b62-41-/t39-,40+,44-,46-,47+,48?,52-,53-,54-,55+/m0/s1. The Bertz CT molecular complexity index is 2290. The zero-order chi connectivity index (χ0) is 57.8. The highest BCUT2D eigenvalue weighted by Gasteiger charge is 2.44. The van der Waals surface area contributed by atoms with Gasteiger partial charge in [-0.15, -0.1) is 0 Å². The summed E-state index contributed by atoms with van der Waals surface area (Å²) >= 11 is 1.40. The number of amides is 7. The Balaban J connectivity index is 1.38. The molecule has 4 rings (SSSR count). The normalized spacial score (nSPS) is 19.1. The molecule has 18 nitrogen and oxygen atoms in total. The van der Waals surface area contributed by atoms with Gasteiger partial charge >= 0.3 is 0 Å². The number of nitrogens with one attached hydrogen (secondary N) is 3. The number of benzene rings is 2. The summed E-state index contributed by atoms with van der Waals surface area (Å²) < 4.78 is 18.5. The highest BCUT2D eigenvalue weighted by atomic mass is 32.2. The van der Waals surface area contributed by atoms with Gasteiger partial charge in [0.2, 0.25) is 41.4 Å². The summed E-state index contributed by atoms with van der Waals surface area (Å²) in [5.74, 6) is -1.62. The van der Waals surface area contributed by atoms with Crippen LogP contribution in [0.15, 0.2) is 59.7 Å². The molecule has 2 fully saturated rings. The molecule has 1 unspecified atom stereocenters. The van der Waals surface area contributed by atoms with Crippen molar-refractivity contribution in [3.05, 3.63) is 65.7 Å². The summed E-state index contributed by atoms with van der Waals surface area (Å²) in [6, 6.07) is 14.7. The van der Waals surface area contributed by atoms with E-state index < -0.39 is 42.3 Å². The van der Waals surface area contributed by atoms with E-state index in [4.69, 9.17) is 14.2 Å². The molecular formula is C59H92N8O10S. The summed E-state index contributed by atoms with van der Waals surface area (Å²) in [5, 5.41) is 10.3. The van der Waals surface area contributed by atoms with Crippen LogP contribution in [0.3, 0.4) is 0 Å². The second-order valence-corrected chi connectivity index (χ2v) is 23.1. The lowest BCUT2D eigenvalue weighted by Gasteiger charge is -2.41. The van der Waals surface area contributed by atoms with Crippen molar-refractivity contribution in [2.75, 3.05) is 61.3 Å². The fourth-order valence-electron chi connectivity index (χ4n) is 10.9. The lowest BCUT2D eigenvalue weighted by Crippen LogP contribution is -2.59. The van der Waals surface area contributed by atoms with Gasteiger partial charge in [-0.3, -0.25) is 43.4 Å². The van der Waals surface area contributed by atoms with Crippen LogP contribution in [0.5, 0.6) is 5.75 Å². The monoisotopic (exact) mass is 1100 g/mol. The number of hydrazone groups is 1. The SMILES string of the molecule is CC[C@H](C)[C@@H]([C@@H](CC(=O)N1CCC[C@H]1[C@H](OC)[C@@H](C)C(=O)N[C@H](COc1ccc(/C(C)=N\NC(=O)CCCCCN2C(=O)CC(SC)C2=O)cc1)Cc1ccccc1)OC)N(C)C(=O)[C@@H](NC(=O)[C@H](C(C)C)N(C)C)C(C)C. The van der Waals surface area contributed by atoms with Gasteiger partial charge in [-0.25, -0.2) is 5.43 Å². The molecular weight excluding hydrogens is 1010 g/mol. The fraction of sp³-hybridized carbons (Fsp3) is 0.661. The summed E-state index contributed by atoms with van der Waals surface area (Å²) in [4.78, 5) is 101. The van der Waals surface area contributed by atoms with Gasteiger partial charge in [0.25, 0.3) is 0 Å². The summed E-state index contributed by atoms with van der Waals surface area (Å²) in [6.45, 7) is 16.5. The van der Waals surface area contributed by atoms with Gasteiger partial charge in [-0.1, -0.05) is 91.6 Å². The Kier molecular flexibility index (Phi) is 26.7. The number of hydrogen-bond acceptors (Lipinski definition) is 13. The van der Waals surface area contributed by atoms with Gasteiger partial charge in [0.05, 0.1) is 59.7 Å². The molecule has 7 amide bonds. The quantitative estimate of drug-likeness (QED) is 0.0318. The number of likely N-dealkylation sites (N-methyl/N-ethyl adjacent to an activating group) is 2. The van der Waals surface area contributed by atoms with Crippen LogP contribution in [-0.2, 0) is 49.5 Å². The number of imide groups is 1. The molecule has 2 aliphatic heterocycles. The third-order valence-electron chi connectivity index (χ3n) is 15.5. The first-order valence-corrected chi connectivity index (χ1v) is 29.2. The Morgan fingerprint density at radius 3 is 2.12 bits per heavy atom. The van der Waals surface area contributed by atoms with E-state index in [0.29, 0.717) is 56.7 Å². The molecule has 0 saturated carbocycles. The van der Waals surface area contributed by atoms with E-state index >= 15 is 0 Å². The largest absolute Gasteiger partial charge is 0.491 e. The molecule has 0 aromatic heterocycles. The van der Waals surface area contributed by atoms with Gasteiger partial charge in [0, 0.05) is 47.2 Å². The molecule has 0 aliphatic carbocycles. The van der Waals surface area contributed by atoms with Gasteiger partial charge in [-0.2, -0.15) is 16.9 Å². The van der Waals surface area contributed by atoms with Crippen LogP contribution in [0.2, 0.25) is 0 Å². The van der Waals surface area contributed by atoms with Gasteiger partial charge in [-0.05, 0) is 113 Å². The number of rotatable bonds is 32. The van der Waals surface area contributed by atoms with E-state index in [-0.39, 0.29) is 96.3 Å². The van der Waals surface area contributed by atoms with Crippen LogP contribution >= 0.6 is 11.8 Å². The van der Waals surface area contributed by atoms with Crippen molar-refractivity contribution in [3.63, 3.8) is 0 Å². The molecule has 0 radical (unpaired) electrons. The third kappa shape index (κ3) is 18.3. The summed E-state index contributed by atoms with van der Waals surface area (Å²) in [6.07, 6.45) is 5.60. The zero-order valence-corrected chi connectivity index (χ0v) is 49.9. The van der Waals surface area contributed by atoms with Crippen LogP contribution < -0.4 is 20.8 Å². The van der Waals surface area contributed by atoms with E-state index in [1.807, 2.05) is 133 Å². The summed E-state index contributed by atoms with van der Waals surface area (Å²) in [7, 11) is 8.58. The predicted molar refractivity (Wildman–Crippen MR) is 307 cm³/mol. The molecule has 2 saturated heterocycles. The first-order chi connectivity index (χ1) is 37.1. The maximum Gasteiger partial charge on any atom is 0.245 e. The number of likely N-dealkylation sites (tertiary alicyclic amines) is 2. The average molecular weight is 1110 g/mol. The van der Waals surface area contributed by atoms with E-state index in [1.165, 1.54) is 16.7 Å². The van der Waals surface area contributed by atoms with Crippen LogP contribution in [0, 0.1) is 23.7 Å². The van der Waals surface area contributed by atoms with Crippen molar-refractivity contribution in [2.45, 2.75) is 167 Å². The van der Waals surface area contributed by atoms with Crippen molar-refractivity contribution in [1.29, 1.82) is 0 Å². The second kappa shape index (κ2) is 32.0. The third-order valence-corrected chi connectivity index (χ3v) is 16.4. The van der Waals surface area contributed by atoms with Crippen LogP contribution in [-0.4, -0.2) is 176 Å². The van der Waals surface area contributed by atoms with Gasteiger partial charge < -0.3 is 34.6 Å². The molecule has 19 heteroatoms. The van der Waals surface area contributed by atoms with Crippen molar-refractivity contribution in [3.8, 4) is 5.75 Å². The Morgan fingerprint density at radius 1 is 0.859 bits per heavy atom. The fourth-order valence-corrected chi connectivity index (χ4v) is 11.5. The second-order valence-electron chi connectivity index (χ2n) is 22.1. The number of ether oxygens (including phenoxy) is 3. The van der Waals surface area contributed by atoms with E-state index in [1.54, 1.807) is 33.1 Å². The maximum absolute atomic E-state index is 14.5. The van der Waals surface area contributed by atoms with Crippen LogP contribution in [0.4, 0.5) is 0 Å². The number of thioether (sulfide) groups is 1. The minimum atomic E-state index is -0.787. The molecule has 2 heterocycles. The summed E-state index contributed by atoms with van der Waals surface area (Å²) in [5.41, 5.74) is 5.03. The van der Waals surface area contributed by atoms with Gasteiger partial charge in [0.1, 0.15) is 18.4 Å². The molecule has 0 spiro atoms. The highest BCUT2D eigenvalue weighted by molar-refractivity contribution is 8.00. The molecule has 3 N–H and O–H groups in total. The van der Waals surface area contributed by atoms with E-state index in [9.17, 15) is 33.6 Å². The number of carbonyl (C=O) groups excluding carboxylic acids is 7. The van der Waals surface area contributed by atoms with Gasteiger partial charge in [0.15, 0.2) is 0 Å². The number of nitrogens with zero attached hydrogens (tertiary/aromatic N) is 5. The molecule has 434 valence electrons. The number of hydrogen-bond donors (Lipinski definition) is 3. The maximum atomic E-state index is 14.5. The molecule has 78 heavy (non-hydrogen) atoms. The molecule has 2 aromatic carbocycles. The minimum absolute atomic E-state index is 0.00246. The first kappa shape index (κ1) is 65.2. The molecule has 10 atom stereocenters. The van der Waals surface area contributed by atoms with E-state index in [2.05, 4.69) is 21.2 Å². The Hall–Kier alpha value is -5.37. The Morgan fingerprint density at radius 2 is 1.54 bits per heavy atom. The predicted octanol–water partition coefficient (Wildman–Crippen LogP) is 6.33. The van der Waals surface area contributed by atoms with Crippen molar-refractivity contribution >= 4 is 58.8 Å². The zero-order valence-electron chi connectivity index (χ0n) is 49.0. The highest BCUT2D eigenvalue weighted by Crippen LogP contribution is 2.30. The topological polar surface area (TPSA) is 209 Å².